The van der Waals surface area contributed by atoms with Crippen LogP contribution in [-0.2, 0) is 4.79 Å². The molecule has 3 N–H and O–H groups in total. The average Bonchev–Trinajstić information content (AvgIpc) is 2.38. The first-order chi connectivity index (χ1) is 8.07. The van der Waals surface area contributed by atoms with Gasteiger partial charge >= 0.3 is 0 Å². The molecule has 0 aromatic heterocycles. The van der Waals surface area contributed by atoms with Crippen LogP contribution in [0.3, 0.4) is 0 Å². The van der Waals surface area contributed by atoms with Crippen LogP contribution in [0.15, 0.2) is 0 Å². The topological polar surface area (TPSA) is 55.1 Å². The molecule has 1 aliphatic rings. The van der Waals surface area contributed by atoms with E-state index in [1.807, 2.05) is 25.6 Å². The van der Waals surface area contributed by atoms with Gasteiger partial charge in [-0.15, -0.1) is 0 Å². The Labute approximate surface area is 109 Å². The quantitative estimate of drug-likeness (QED) is 0.795. The van der Waals surface area contributed by atoms with Crippen molar-refractivity contribution < 1.29 is 4.79 Å². The number of hydrogen-bond acceptors (Lipinski definition) is 3. The lowest BCUT2D eigenvalue weighted by Gasteiger charge is -2.34. The van der Waals surface area contributed by atoms with E-state index in [9.17, 15) is 4.79 Å². The maximum absolute atomic E-state index is 12.2. The summed E-state index contributed by atoms with van der Waals surface area (Å²) >= 11 is 1.87. The van der Waals surface area contributed by atoms with Crippen molar-refractivity contribution in [3.8, 4) is 0 Å². The van der Waals surface area contributed by atoms with E-state index in [4.69, 9.17) is 5.73 Å². The fourth-order valence-corrected chi connectivity index (χ4v) is 3.36. The van der Waals surface area contributed by atoms with Gasteiger partial charge in [-0.2, -0.15) is 11.8 Å². The van der Waals surface area contributed by atoms with E-state index in [0.717, 1.165) is 6.42 Å². The molecule has 0 spiro atoms. The largest absolute Gasteiger partial charge is 0.351 e. The second-order valence-electron chi connectivity index (χ2n) is 5.00. The molecule has 4 heteroatoms. The maximum atomic E-state index is 12.2. The van der Waals surface area contributed by atoms with Crippen LogP contribution in [0.5, 0.6) is 0 Å². The summed E-state index contributed by atoms with van der Waals surface area (Å²) in [6.45, 7) is 3.96. The van der Waals surface area contributed by atoms with E-state index >= 15 is 0 Å². The van der Waals surface area contributed by atoms with Gasteiger partial charge in [-0.25, -0.2) is 0 Å². The van der Waals surface area contributed by atoms with E-state index < -0.39 is 5.54 Å². The van der Waals surface area contributed by atoms with E-state index in [1.54, 1.807) is 0 Å². The Morgan fingerprint density at radius 1 is 1.35 bits per heavy atom. The number of thioether (sulfide) groups is 1. The number of nitrogens with two attached hydrogens (primary N) is 1. The van der Waals surface area contributed by atoms with E-state index in [-0.39, 0.29) is 5.91 Å². The summed E-state index contributed by atoms with van der Waals surface area (Å²) in [6, 6.07) is 0.312. The summed E-state index contributed by atoms with van der Waals surface area (Å²) in [4.78, 5) is 12.2. The molecule has 1 saturated carbocycles. The van der Waals surface area contributed by atoms with Gasteiger partial charge in [0.1, 0.15) is 0 Å². The molecule has 2 unspecified atom stereocenters. The van der Waals surface area contributed by atoms with Crippen molar-refractivity contribution in [1.82, 2.24) is 5.32 Å². The number of carbonyl (C=O) groups is 1. The summed E-state index contributed by atoms with van der Waals surface area (Å²) in [6.07, 6.45) is 8.34. The normalized spacial score (nSPS) is 25.6. The highest BCUT2D eigenvalue weighted by atomic mass is 32.2. The molecule has 1 aliphatic carbocycles. The zero-order valence-corrected chi connectivity index (χ0v) is 12.1. The highest BCUT2D eigenvalue weighted by Crippen LogP contribution is 2.27. The van der Waals surface area contributed by atoms with Crippen LogP contribution in [0.25, 0.3) is 0 Å². The highest BCUT2D eigenvalue weighted by molar-refractivity contribution is 7.99. The first-order valence-corrected chi connectivity index (χ1v) is 7.98. The predicted octanol–water partition coefficient (Wildman–Crippen LogP) is 2.29. The fraction of sp³-hybridized carbons (Fsp3) is 0.923. The summed E-state index contributed by atoms with van der Waals surface area (Å²) in [7, 11) is 0. The lowest BCUT2D eigenvalue weighted by Crippen LogP contribution is -2.57. The van der Waals surface area contributed by atoms with Crippen LogP contribution in [0, 0.1) is 0 Å². The van der Waals surface area contributed by atoms with E-state index in [1.165, 1.54) is 19.3 Å². The van der Waals surface area contributed by atoms with E-state index in [2.05, 4.69) is 11.6 Å². The van der Waals surface area contributed by atoms with Crippen molar-refractivity contribution >= 4 is 17.7 Å². The highest BCUT2D eigenvalue weighted by Gasteiger charge is 2.34. The molecule has 2 atom stereocenters. The molecular formula is C13H26N2OS. The molecule has 0 heterocycles. The van der Waals surface area contributed by atoms with Crippen molar-refractivity contribution in [3.63, 3.8) is 0 Å². The molecule has 0 saturated heterocycles. The monoisotopic (exact) mass is 258 g/mol. The lowest BCUT2D eigenvalue weighted by atomic mass is 9.90. The van der Waals surface area contributed by atoms with Crippen molar-refractivity contribution in [1.29, 1.82) is 0 Å². The minimum Gasteiger partial charge on any atom is -0.351 e. The predicted molar refractivity (Wildman–Crippen MR) is 75.2 cm³/mol. The standard InChI is InChI=1S/C13H26N2OS/c1-4-13(14,5-2)12(16)15-10-8-6-7-9-11(10)17-3/h10-11H,4-9,14H2,1-3H3,(H,15,16). The van der Waals surface area contributed by atoms with Crippen LogP contribution in [-0.4, -0.2) is 29.0 Å². The summed E-state index contributed by atoms with van der Waals surface area (Å²) in [5, 5.41) is 3.74. The number of amides is 1. The van der Waals surface area contributed by atoms with Gasteiger partial charge in [0, 0.05) is 11.3 Å². The van der Waals surface area contributed by atoms with Gasteiger partial charge in [-0.05, 0) is 31.9 Å². The van der Waals surface area contributed by atoms with Crippen LogP contribution < -0.4 is 11.1 Å². The molecule has 100 valence electrons. The van der Waals surface area contributed by atoms with Crippen molar-refractivity contribution in [2.24, 2.45) is 5.73 Å². The molecule has 3 nitrogen and oxygen atoms in total. The van der Waals surface area contributed by atoms with Gasteiger partial charge in [0.2, 0.25) is 5.91 Å². The molecule has 1 rings (SSSR count). The van der Waals surface area contributed by atoms with Gasteiger partial charge in [0.05, 0.1) is 5.54 Å². The van der Waals surface area contributed by atoms with Crippen LogP contribution >= 0.6 is 11.8 Å². The summed E-state index contributed by atoms with van der Waals surface area (Å²) in [5.74, 6) is 0.0356. The lowest BCUT2D eigenvalue weighted by molar-refractivity contribution is -0.127. The Morgan fingerprint density at radius 3 is 2.47 bits per heavy atom. The third kappa shape index (κ3) is 3.62. The minimum atomic E-state index is -0.680. The fourth-order valence-electron chi connectivity index (χ4n) is 2.43. The third-order valence-electron chi connectivity index (χ3n) is 4.04. The molecule has 0 aromatic carbocycles. The molecule has 0 radical (unpaired) electrons. The maximum Gasteiger partial charge on any atom is 0.240 e. The molecule has 0 aliphatic heterocycles. The minimum absolute atomic E-state index is 0.0356. The molecule has 0 aromatic rings. The Morgan fingerprint density at radius 2 is 1.94 bits per heavy atom. The van der Waals surface area contributed by atoms with Gasteiger partial charge in [-0.1, -0.05) is 26.7 Å². The Balaban J connectivity index is 2.60. The number of rotatable bonds is 5. The Kier molecular flexibility index (Phi) is 5.80. The molecule has 17 heavy (non-hydrogen) atoms. The summed E-state index contributed by atoms with van der Waals surface area (Å²) in [5.41, 5.74) is 5.45. The molecule has 0 bridgehead atoms. The number of hydrogen-bond donors (Lipinski definition) is 2. The molecule has 1 fully saturated rings. The smallest absolute Gasteiger partial charge is 0.240 e. The van der Waals surface area contributed by atoms with Gasteiger partial charge in [0.15, 0.2) is 0 Å². The Bertz CT molecular complexity index is 254. The third-order valence-corrected chi connectivity index (χ3v) is 5.21. The van der Waals surface area contributed by atoms with Crippen molar-refractivity contribution in [2.45, 2.75) is 69.2 Å². The van der Waals surface area contributed by atoms with Gasteiger partial charge in [-0.3, -0.25) is 4.79 Å². The first-order valence-electron chi connectivity index (χ1n) is 6.70. The second kappa shape index (κ2) is 6.64. The Hall–Kier alpha value is -0.220. The molecule has 1 amide bonds. The van der Waals surface area contributed by atoms with Crippen LogP contribution in [0.4, 0.5) is 0 Å². The molecular weight excluding hydrogens is 232 g/mol. The average molecular weight is 258 g/mol. The zero-order chi connectivity index (χ0) is 12.9. The number of carbonyl (C=O) groups excluding carboxylic acids is 1. The van der Waals surface area contributed by atoms with E-state index in [0.29, 0.717) is 24.1 Å². The number of nitrogens with one attached hydrogen (secondary N) is 1. The van der Waals surface area contributed by atoms with Crippen molar-refractivity contribution in [3.05, 3.63) is 0 Å². The van der Waals surface area contributed by atoms with Gasteiger partial charge in [0.25, 0.3) is 0 Å². The summed E-state index contributed by atoms with van der Waals surface area (Å²) < 4.78 is 0. The zero-order valence-electron chi connectivity index (χ0n) is 11.3. The van der Waals surface area contributed by atoms with Crippen LogP contribution in [0.2, 0.25) is 0 Å². The second-order valence-corrected chi connectivity index (χ2v) is 6.08. The van der Waals surface area contributed by atoms with Crippen LogP contribution in [0.1, 0.15) is 52.4 Å². The van der Waals surface area contributed by atoms with Gasteiger partial charge < -0.3 is 11.1 Å². The van der Waals surface area contributed by atoms with Crippen molar-refractivity contribution in [2.75, 3.05) is 6.26 Å². The first kappa shape index (κ1) is 14.8. The SMILES string of the molecule is CCC(N)(CC)C(=O)NC1CCCCC1SC.